The van der Waals surface area contributed by atoms with Crippen LogP contribution < -0.4 is 16.6 Å². The maximum absolute atomic E-state index is 12.4. The number of nitrogens with one attached hydrogen (secondary N) is 2. The monoisotopic (exact) mass is 343 g/mol. The van der Waals surface area contributed by atoms with Crippen molar-refractivity contribution in [3.05, 3.63) is 46.1 Å². The van der Waals surface area contributed by atoms with Crippen molar-refractivity contribution in [2.24, 2.45) is 5.73 Å². The zero-order chi connectivity index (χ0) is 18.2. The smallest absolute Gasteiger partial charge is 0.255 e. The topological polar surface area (TPSA) is 114 Å². The fourth-order valence-corrected chi connectivity index (χ4v) is 2.60. The highest BCUT2D eigenvalue weighted by atomic mass is 16.2. The minimum absolute atomic E-state index is 0.00981. The summed E-state index contributed by atoms with van der Waals surface area (Å²) >= 11 is 0. The van der Waals surface area contributed by atoms with Crippen LogP contribution in [0.1, 0.15) is 37.4 Å². The van der Waals surface area contributed by atoms with Crippen molar-refractivity contribution in [2.45, 2.75) is 45.6 Å². The molecule has 0 saturated heterocycles. The second-order valence-electron chi connectivity index (χ2n) is 6.04. The fourth-order valence-electron chi connectivity index (χ4n) is 2.60. The van der Waals surface area contributed by atoms with E-state index in [0.29, 0.717) is 23.6 Å². The van der Waals surface area contributed by atoms with Crippen molar-refractivity contribution in [2.75, 3.05) is 6.54 Å². The van der Waals surface area contributed by atoms with Crippen molar-refractivity contribution < 1.29 is 4.79 Å². The number of nitrogens with two attached hydrogens (primary N) is 1. The van der Waals surface area contributed by atoms with Gasteiger partial charge in [-0.3, -0.25) is 14.6 Å². The summed E-state index contributed by atoms with van der Waals surface area (Å²) in [4.78, 5) is 35.8. The number of hydrogen-bond acceptors (Lipinski definition) is 5. The molecule has 134 valence electrons. The van der Waals surface area contributed by atoms with E-state index in [9.17, 15) is 9.59 Å². The predicted molar refractivity (Wildman–Crippen MR) is 97.0 cm³/mol. The normalized spacial score (nSPS) is 12.0. The van der Waals surface area contributed by atoms with Gasteiger partial charge in [0.25, 0.3) is 5.56 Å². The van der Waals surface area contributed by atoms with Crippen LogP contribution in [-0.4, -0.2) is 33.4 Å². The van der Waals surface area contributed by atoms with E-state index in [1.807, 2.05) is 6.07 Å². The van der Waals surface area contributed by atoms with E-state index in [1.165, 1.54) is 0 Å². The van der Waals surface area contributed by atoms with Gasteiger partial charge in [-0.25, -0.2) is 4.98 Å². The molecule has 0 aliphatic heterocycles. The van der Waals surface area contributed by atoms with Crippen LogP contribution in [0.4, 0.5) is 0 Å². The standard InChI is InChI=1S/C18H25N5O2/c1-3-4-7-14(10-19)22-16(24)9-15-12(2)21-17(23-18(15)25)13-6-5-8-20-11-13/h5-6,8,11,14H,3-4,7,9-10,19H2,1-2H3,(H,22,24)(H,21,23,25). The van der Waals surface area contributed by atoms with Gasteiger partial charge >= 0.3 is 0 Å². The predicted octanol–water partition coefficient (Wildman–Crippen LogP) is 1.32. The minimum atomic E-state index is -0.306. The Morgan fingerprint density at radius 3 is 2.84 bits per heavy atom. The van der Waals surface area contributed by atoms with Crippen molar-refractivity contribution in [1.29, 1.82) is 0 Å². The molecule has 2 aromatic heterocycles. The van der Waals surface area contributed by atoms with E-state index in [-0.39, 0.29) is 23.9 Å². The van der Waals surface area contributed by atoms with Gasteiger partial charge in [0.1, 0.15) is 5.82 Å². The SMILES string of the molecule is CCCCC(CN)NC(=O)Cc1c(C)nc(-c2cccnc2)[nH]c1=O. The van der Waals surface area contributed by atoms with Gasteiger partial charge in [-0.15, -0.1) is 0 Å². The maximum atomic E-state index is 12.4. The Hall–Kier alpha value is -2.54. The van der Waals surface area contributed by atoms with Crippen LogP contribution in [0.5, 0.6) is 0 Å². The summed E-state index contributed by atoms with van der Waals surface area (Å²) in [5.41, 5.74) is 7.03. The van der Waals surface area contributed by atoms with E-state index in [4.69, 9.17) is 5.73 Å². The molecular formula is C18H25N5O2. The molecule has 7 heteroatoms. The second-order valence-corrected chi connectivity index (χ2v) is 6.04. The number of aryl methyl sites for hydroxylation is 1. The summed E-state index contributed by atoms with van der Waals surface area (Å²) in [6, 6.07) is 3.53. The van der Waals surface area contributed by atoms with Gasteiger partial charge in [0.15, 0.2) is 0 Å². The van der Waals surface area contributed by atoms with Crippen molar-refractivity contribution in [3.8, 4) is 11.4 Å². The van der Waals surface area contributed by atoms with Gasteiger partial charge in [-0.2, -0.15) is 0 Å². The lowest BCUT2D eigenvalue weighted by Gasteiger charge is -2.16. The molecule has 0 aromatic carbocycles. The number of aromatic amines is 1. The highest BCUT2D eigenvalue weighted by Gasteiger charge is 2.16. The molecule has 2 aromatic rings. The summed E-state index contributed by atoms with van der Waals surface area (Å²) in [5.74, 6) is 0.235. The molecule has 0 aliphatic carbocycles. The Bertz CT molecular complexity index is 758. The molecule has 7 nitrogen and oxygen atoms in total. The zero-order valence-electron chi connectivity index (χ0n) is 14.7. The molecule has 0 saturated carbocycles. The van der Waals surface area contributed by atoms with Crippen LogP contribution in [0.3, 0.4) is 0 Å². The van der Waals surface area contributed by atoms with Crippen molar-refractivity contribution in [3.63, 3.8) is 0 Å². The highest BCUT2D eigenvalue weighted by Crippen LogP contribution is 2.12. The van der Waals surface area contributed by atoms with Crippen LogP contribution in [-0.2, 0) is 11.2 Å². The summed E-state index contributed by atoms with van der Waals surface area (Å²) in [6.07, 6.45) is 6.16. The lowest BCUT2D eigenvalue weighted by atomic mass is 10.1. The first-order valence-corrected chi connectivity index (χ1v) is 8.54. The lowest BCUT2D eigenvalue weighted by Crippen LogP contribution is -2.41. The molecule has 1 atom stereocenters. The molecule has 0 aliphatic rings. The van der Waals surface area contributed by atoms with Gasteiger partial charge < -0.3 is 16.0 Å². The molecule has 4 N–H and O–H groups in total. The number of carbonyl (C=O) groups is 1. The highest BCUT2D eigenvalue weighted by molar-refractivity contribution is 5.79. The Balaban J connectivity index is 2.12. The molecule has 2 heterocycles. The van der Waals surface area contributed by atoms with Gasteiger partial charge in [0, 0.05) is 41.8 Å². The number of pyridine rings is 1. The molecule has 0 bridgehead atoms. The Morgan fingerprint density at radius 2 is 2.24 bits per heavy atom. The van der Waals surface area contributed by atoms with Gasteiger partial charge in [0.05, 0.1) is 6.42 Å². The number of hydrogen-bond donors (Lipinski definition) is 3. The lowest BCUT2D eigenvalue weighted by molar-refractivity contribution is -0.121. The van der Waals surface area contributed by atoms with Gasteiger partial charge in [-0.05, 0) is 25.5 Å². The molecule has 2 rings (SSSR count). The first-order valence-electron chi connectivity index (χ1n) is 8.54. The zero-order valence-corrected chi connectivity index (χ0v) is 14.7. The van der Waals surface area contributed by atoms with E-state index in [2.05, 4.69) is 27.2 Å². The number of nitrogens with zero attached hydrogens (tertiary/aromatic N) is 2. The Kier molecular flexibility index (Phi) is 6.82. The first kappa shape index (κ1) is 18.8. The van der Waals surface area contributed by atoms with Crippen LogP contribution in [0.2, 0.25) is 0 Å². The van der Waals surface area contributed by atoms with E-state index < -0.39 is 0 Å². The maximum Gasteiger partial charge on any atom is 0.255 e. The third kappa shape index (κ3) is 5.22. The number of unbranched alkanes of at least 4 members (excludes halogenated alkanes) is 1. The third-order valence-electron chi connectivity index (χ3n) is 4.05. The minimum Gasteiger partial charge on any atom is -0.352 e. The van der Waals surface area contributed by atoms with E-state index in [1.54, 1.807) is 25.4 Å². The summed E-state index contributed by atoms with van der Waals surface area (Å²) in [6.45, 7) is 4.21. The van der Waals surface area contributed by atoms with Crippen LogP contribution >= 0.6 is 0 Å². The molecular weight excluding hydrogens is 318 g/mol. The molecule has 1 unspecified atom stereocenters. The second kappa shape index (κ2) is 9.08. The van der Waals surface area contributed by atoms with E-state index in [0.717, 1.165) is 24.8 Å². The molecule has 0 radical (unpaired) electrons. The largest absolute Gasteiger partial charge is 0.352 e. The summed E-state index contributed by atoms with van der Waals surface area (Å²) < 4.78 is 0. The van der Waals surface area contributed by atoms with Crippen LogP contribution in [0.15, 0.2) is 29.3 Å². The van der Waals surface area contributed by atoms with E-state index >= 15 is 0 Å². The number of H-pyrrole nitrogens is 1. The molecule has 25 heavy (non-hydrogen) atoms. The van der Waals surface area contributed by atoms with Gasteiger partial charge in [-0.1, -0.05) is 19.8 Å². The fraction of sp³-hybridized carbons (Fsp3) is 0.444. The quantitative estimate of drug-likeness (QED) is 0.669. The molecule has 0 fully saturated rings. The first-order chi connectivity index (χ1) is 12.0. The molecule has 0 spiro atoms. The third-order valence-corrected chi connectivity index (χ3v) is 4.05. The van der Waals surface area contributed by atoms with Crippen LogP contribution in [0.25, 0.3) is 11.4 Å². The van der Waals surface area contributed by atoms with Gasteiger partial charge in [0.2, 0.25) is 5.91 Å². The van der Waals surface area contributed by atoms with Crippen molar-refractivity contribution in [1.82, 2.24) is 20.3 Å². The Morgan fingerprint density at radius 1 is 1.44 bits per heavy atom. The number of aromatic nitrogens is 3. The molecule has 1 amide bonds. The van der Waals surface area contributed by atoms with Crippen molar-refractivity contribution >= 4 is 5.91 Å². The number of rotatable bonds is 8. The summed E-state index contributed by atoms with van der Waals surface area (Å²) in [5, 5.41) is 2.90. The average molecular weight is 343 g/mol. The average Bonchev–Trinajstić information content (AvgIpc) is 2.62. The number of amides is 1. The van der Waals surface area contributed by atoms with Crippen LogP contribution in [0, 0.1) is 6.92 Å². The Labute approximate surface area is 147 Å². The number of carbonyl (C=O) groups excluding carboxylic acids is 1. The summed E-state index contributed by atoms with van der Waals surface area (Å²) in [7, 11) is 0.